The first-order valence-corrected chi connectivity index (χ1v) is 9.01. The number of ether oxygens (including phenoxy) is 2. The molecule has 6 nitrogen and oxygen atoms in total. The topological polar surface area (TPSA) is 81.7 Å². The molecule has 2 rings (SSSR count). The second-order valence-electron chi connectivity index (χ2n) is 5.32. The van der Waals surface area contributed by atoms with Crippen molar-refractivity contribution in [1.29, 1.82) is 0 Å². The molecule has 0 radical (unpaired) electrons. The van der Waals surface area contributed by atoms with Crippen LogP contribution in [0.3, 0.4) is 0 Å². The number of benzene rings is 1. The van der Waals surface area contributed by atoms with Gasteiger partial charge in [0.15, 0.2) is 12.4 Å². The number of ketones is 1. The van der Waals surface area contributed by atoms with Crippen molar-refractivity contribution in [1.82, 2.24) is 5.32 Å². The first-order chi connectivity index (χ1) is 12.5. The van der Waals surface area contributed by atoms with Gasteiger partial charge in [0.2, 0.25) is 0 Å². The molecule has 1 heterocycles. The summed E-state index contributed by atoms with van der Waals surface area (Å²) in [6.45, 7) is -0.0902. The fourth-order valence-corrected chi connectivity index (χ4v) is 3.07. The third-order valence-corrected chi connectivity index (χ3v) is 4.66. The van der Waals surface area contributed by atoms with Gasteiger partial charge in [-0.05, 0) is 29.8 Å². The molecule has 1 N–H and O–H groups in total. The normalized spacial score (nSPS) is 10.2. The van der Waals surface area contributed by atoms with Gasteiger partial charge in [0.05, 0.1) is 22.7 Å². The van der Waals surface area contributed by atoms with Crippen molar-refractivity contribution in [3.05, 3.63) is 51.2 Å². The lowest BCUT2D eigenvalue weighted by molar-refractivity contribution is -0.148. The van der Waals surface area contributed by atoms with Crippen molar-refractivity contribution < 1.29 is 23.9 Å². The number of carbonyl (C=O) groups is 3. The molecular formula is C18H18ClNO5S. The lowest BCUT2D eigenvalue weighted by Gasteiger charge is -2.07. The average molecular weight is 396 g/mol. The Bertz CT molecular complexity index is 789. The van der Waals surface area contributed by atoms with Gasteiger partial charge >= 0.3 is 5.97 Å². The highest BCUT2D eigenvalue weighted by Gasteiger charge is 2.13. The zero-order valence-electron chi connectivity index (χ0n) is 14.1. The molecule has 0 saturated carbocycles. The summed E-state index contributed by atoms with van der Waals surface area (Å²) in [5.41, 5.74) is 0.865. The Morgan fingerprint density at radius 2 is 1.96 bits per heavy atom. The first-order valence-electron chi connectivity index (χ1n) is 7.81. The summed E-state index contributed by atoms with van der Waals surface area (Å²) in [7, 11) is 1.56. The van der Waals surface area contributed by atoms with Gasteiger partial charge in [0, 0.05) is 13.0 Å². The number of hydrogen-bond donors (Lipinski definition) is 1. The standard InChI is InChI=1S/C18H18ClNO5S/c1-24-13-4-2-3-12(9-13)10-20-17(22)11-25-18(23)8-5-14(21)15-6-7-16(19)26-15/h2-4,6-7,9H,5,8,10-11H2,1H3,(H,20,22). The molecule has 0 atom stereocenters. The van der Waals surface area contributed by atoms with Gasteiger partial charge in [0.25, 0.3) is 5.91 Å². The maximum absolute atomic E-state index is 11.9. The third-order valence-electron chi connectivity index (χ3n) is 3.39. The zero-order valence-corrected chi connectivity index (χ0v) is 15.7. The first kappa shape index (κ1) is 19.9. The van der Waals surface area contributed by atoms with Crippen LogP contribution in [0.25, 0.3) is 0 Å². The fourth-order valence-electron chi connectivity index (χ4n) is 2.06. The molecule has 138 valence electrons. The lowest BCUT2D eigenvalue weighted by atomic mass is 10.2. The number of rotatable bonds is 9. The molecule has 0 aliphatic heterocycles. The summed E-state index contributed by atoms with van der Waals surface area (Å²) < 4.78 is 10.5. The van der Waals surface area contributed by atoms with Gasteiger partial charge in [0.1, 0.15) is 5.75 Å². The van der Waals surface area contributed by atoms with Crippen LogP contribution in [-0.4, -0.2) is 31.4 Å². The van der Waals surface area contributed by atoms with Crippen molar-refractivity contribution >= 4 is 40.6 Å². The molecule has 0 bridgehead atoms. The quantitative estimate of drug-likeness (QED) is 0.520. The Kier molecular flexibility index (Phi) is 7.62. The number of Topliss-reactive ketones (excluding diaryl/α,β-unsaturated/α-hetero) is 1. The third kappa shape index (κ3) is 6.50. The van der Waals surface area contributed by atoms with E-state index in [1.54, 1.807) is 31.4 Å². The van der Waals surface area contributed by atoms with E-state index >= 15 is 0 Å². The average Bonchev–Trinajstić information content (AvgIpc) is 3.09. The minimum absolute atomic E-state index is 0.0150. The Balaban J connectivity index is 1.66. The van der Waals surface area contributed by atoms with E-state index in [0.717, 1.165) is 16.9 Å². The SMILES string of the molecule is COc1cccc(CNC(=O)COC(=O)CCC(=O)c2ccc(Cl)s2)c1. The van der Waals surface area contributed by atoms with Gasteiger partial charge in [-0.1, -0.05) is 23.7 Å². The fraction of sp³-hybridized carbons (Fsp3) is 0.278. The molecule has 0 saturated heterocycles. The molecule has 0 aliphatic carbocycles. The Labute approximate surface area is 160 Å². The van der Waals surface area contributed by atoms with E-state index in [0.29, 0.717) is 21.5 Å². The van der Waals surface area contributed by atoms with Crippen LogP contribution in [0.15, 0.2) is 36.4 Å². The molecule has 0 spiro atoms. The molecule has 0 unspecified atom stereocenters. The van der Waals surface area contributed by atoms with Gasteiger partial charge in [-0.25, -0.2) is 0 Å². The van der Waals surface area contributed by atoms with E-state index in [9.17, 15) is 14.4 Å². The van der Waals surface area contributed by atoms with Crippen LogP contribution >= 0.6 is 22.9 Å². The summed E-state index contributed by atoms with van der Waals surface area (Å²) in [5, 5.41) is 2.65. The Morgan fingerprint density at radius 3 is 2.65 bits per heavy atom. The molecule has 1 aromatic heterocycles. The van der Waals surface area contributed by atoms with Gasteiger partial charge < -0.3 is 14.8 Å². The summed E-state index contributed by atoms with van der Waals surface area (Å²) in [6.07, 6.45) is -0.0708. The summed E-state index contributed by atoms with van der Waals surface area (Å²) in [4.78, 5) is 35.8. The highest BCUT2D eigenvalue weighted by atomic mass is 35.5. The smallest absolute Gasteiger partial charge is 0.306 e. The molecule has 0 aliphatic rings. The van der Waals surface area contributed by atoms with Crippen molar-refractivity contribution in [2.24, 2.45) is 0 Å². The molecular weight excluding hydrogens is 378 g/mol. The maximum Gasteiger partial charge on any atom is 0.306 e. The number of hydrogen-bond acceptors (Lipinski definition) is 6. The number of amides is 1. The molecule has 2 aromatic rings. The summed E-state index contributed by atoms with van der Waals surface area (Å²) in [6, 6.07) is 10.5. The molecule has 26 heavy (non-hydrogen) atoms. The van der Waals surface area contributed by atoms with Gasteiger partial charge in [-0.2, -0.15) is 0 Å². The van der Waals surface area contributed by atoms with Crippen molar-refractivity contribution in [3.8, 4) is 5.75 Å². The van der Waals surface area contributed by atoms with E-state index in [1.807, 2.05) is 12.1 Å². The van der Waals surface area contributed by atoms with Crippen LogP contribution < -0.4 is 10.1 Å². The van der Waals surface area contributed by atoms with E-state index in [4.69, 9.17) is 21.1 Å². The molecule has 0 fully saturated rings. The van der Waals surface area contributed by atoms with Crippen molar-refractivity contribution in [2.75, 3.05) is 13.7 Å². The zero-order chi connectivity index (χ0) is 18.9. The number of thiophene rings is 1. The van der Waals surface area contributed by atoms with Crippen LogP contribution in [0.5, 0.6) is 5.75 Å². The minimum Gasteiger partial charge on any atom is -0.497 e. The van der Waals surface area contributed by atoms with Crippen LogP contribution in [0, 0.1) is 0 Å². The lowest BCUT2D eigenvalue weighted by Crippen LogP contribution is -2.28. The largest absolute Gasteiger partial charge is 0.497 e. The van der Waals surface area contributed by atoms with Crippen molar-refractivity contribution in [3.63, 3.8) is 0 Å². The monoisotopic (exact) mass is 395 g/mol. The Hall–Kier alpha value is -2.38. The number of carbonyl (C=O) groups excluding carboxylic acids is 3. The highest BCUT2D eigenvalue weighted by molar-refractivity contribution is 7.18. The van der Waals surface area contributed by atoms with E-state index in [2.05, 4.69) is 5.32 Å². The predicted octanol–water partition coefficient (Wildman–Crippen LogP) is 3.23. The highest BCUT2D eigenvalue weighted by Crippen LogP contribution is 2.22. The van der Waals surface area contributed by atoms with Gasteiger partial charge in [-0.15, -0.1) is 11.3 Å². The van der Waals surface area contributed by atoms with Gasteiger partial charge in [-0.3, -0.25) is 14.4 Å². The molecule has 1 aromatic carbocycles. The minimum atomic E-state index is -0.600. The maximum atomic E-state index is 11.9. The van der Waals surface area contributed by atoms with E-state index < -0.39 is 11.9 Å². The predicted molar refractivity (Wildman–Crippen MR) is 98.7 cm³/mol. The van der Waals surface area contributed by atoms with Crippen LogP contribution in [0.4, 0.5) is 0 Å². The molecule has 8 heteroatoms. The molecule has 1 amide bonds. The number of halogens is 1. The summed E-state index contributed by atoms with van der Waals surface area (Å²) in [5.74, 6) is -0.503. The number of methoxy groups -OCH3 is 1. The van der Waals surface area contributed by atoms with Crippen molar-refractivity contribution in [2.45, 2.75) is 19.4 Å². The van der Waals surface area contributed by atoms with Crippen LogP contribution in [-0.2, 0) is 20.9 Å². The number of nitrogens with one attached hydrogen (secondary N) is 1. The summed E-state index contributed by atoms with van der Waals surface area (Å²) >= 11 is 6.93. The van der Waals surface area contributed by atoms with Crippen LogP contribution in [0.1, 0.15) is 28.1 Å². The van der Waals surface area contributed by atoms with E-state index in [1.165, 1.54) is 0 Å². The number of esters is 1. The Morgan fingerprint density at radius 1 is 1.15 bits per heavy atom. The second-order valence-corrected chi connectivity index (χ2v) is 7.03. The second kappa shape index (κ2) is 9.94. The van der Waals surface area contributed by atoms with E-state index in [-0.39, 0.29) is 25.2 Å². The van der Waals surface area contributed by atoms with Crippen LogP contribution in [0.2, 0.25) is 4.34 Å².